The van der Waals surface area contributed by atoms with Gasteiger partial charge in [0, 0.05) is 12.6 Å². The Morgan fingerprint density at radius 2 is 1.56 bits per heavy atom. The van der Waals surface area contributed by atoms with E-state index in [0.29, 0.717) is 12.8 Å². The van der Waals surface area contributed by atoms with Crippen LogP contribution in [0.15, 0.2) is 24.3 Å². The Hall–Kier alpha value is -1.46. The lowest BCUT2D eigenvalue weighted by Gasteiger charge is -2.18. The minimum absolute atomic E-state index is 0.291. The van der Waals surface area contributed by atoms with Crippen LogP contribution in [0.3, 0.4) is 0 Å². The van der Waals surface area contributed by atoms with Gasteiger partial charge in [-0.15, -0.1) is 0 Å². The van der Waals surface area contributed by atoms with Crippen LogP contribution in [0.4, 0.5) is 0 Å². The van der Waals surface area contributed by atoms with Crippen molar-refractivity contribution in [2.45, 2.75) is 90.2 Å². The van der Waals surface area contributed by atoms with Crippen LogP contribution in [0.2, 0.25) is 0 Å². The van der Waals surface area contributed by atoms with Gasteiger partial charge < -0.3 is 20.5 Å². The number of aliphatic hydroxyl groups is 1. The van der Waals surface area contributed by atoms with Crippen molar-refractivity contribution in [3.63, 3.8) is 0 Å². The van der Waals surface area contributed by atoms with E-state index in [9.17, 15) is 14.7 Å². The smallest absolute Gasteiger partial charge is 0.244 e. The van der Waals surface area contributed by atoms with Gasteiger partial charge in [-0.05, 0) is 19.9 Å². The number of allylic oxidation sites excluding steroid dienone is 3. The summed E-state index contributed by atoms with van der Waals surface area (Å²) in [7, 11) is 0. The third-order valence-electron chi connectivity index (χ3n) is 4.48. The molecule has 0 spiro atoms. The zero-order chi connectivity index (χ0) is 20.2. The fourth-order valence-corrected chi connectivity index (χ4v) is 2.80. The molecule has 0 aliphatic heterocycles. The van der Waals surface area contributed by atoms with Crippen LogP contribution in [-0.4, -0.2) is 42.5 Å². The topological polar surface area (TPSA) is 78.4 Å². The van der Waals surface area contributed by atoms with Gasteiger partial charge in [-0.2, -0.15) is 0 Å². The van der Waals surface area contributed by atoms with Gasteiger partial charge >= 0.3 is 0 Å². The second kappa shape index (κ2) is 19.3. The zero-order valence-electron chi connectivity index (χ0n) is 17.3. The first-order chi connectivity index (χ1) is 13.2. The highest BCUT2D eigenvalue weighted by atomic mass is 16.3. The van der Waals surface area contributed by atoms with E-state index < -0.39 is 12.1 Å². The first-order valence-corrected chi connectivity index (χ1v) is 10.6. The van der Waals surface area contributed by atoms with E-state index in [-0.39, 0.29) is 5.91 Å². The molecule has 5 nitrogen and oxygen atoms in total. The average Bonchev–Trinajstić information content (AvgIpc) is 2.67. The van der Waals surface area contributed by atoms with Gasteiger partial charge in [0.15, 0.2) is 0 Å². The molecule has 0 aromatic carbocycles. The van der Waals surface area contributed by atoms with Gasteiger partial charge in [-0.3, -0.25) is 4.79 Å². The van der Waals surface area contributed by atoms with Crippen molar-refractivity contribution in [3.05, 3.63) is 24.3 Å². The van der Waals surface area contributed by atoms with Gasteiger partial charge in [0.25, 0.3) is 0 Å². The minimum Gasteiger partial charge on any atom is -0.389 e. The maximum Gasteiger partial charge on any atom is 0.244 e. The Labute approximate surface area is 165 Å². The molecular weight excluding hydrogens is 340 g/mol. The average molecular weight is 381 g/mol. The van der Waals surface area contributed by atoms with Crippen molar-refractivity contribution in [2.24, 2.45) is 0 Å². The van der Waals surface area contributed by atoms with Crippen LogP contribution in [0.1, 0.15) is 78.1 Å². The third-order valence-corrected chi connectivity index (χ3v) is 4.48. The molecule has 0 aliphatic rings. The molecule has 0 rings (SSSR count). The summed E-state index contributed by atoms with van der Waals surface area (Å²) < 4.78 is 0. The SMILES string of the molecule is C/C=C/C=C/C(=O)N[C@H](C=O)[C@@H](O)CNCCCCCCCCCCCC. The molecule has 0 saturated heterocycles. The summed E-state index contributed by atoms with van der Waals surface area (Å²) in [6.45, 7) is 5.19. The molecule has 0 aliphatic carbocycles. The molecule has 27 heavy (non-hydrogen) atoms. The maximum absolute atomic E-state index is 11.6. The highest BCUT2D eigenvalue weighted by molar-refractivity contribution is 5.89. The minimum atomic E-state index is -0.926. The Balaban J connectivity index is 3.66. The van der Waals surface area contributed by atoms with Crippen molar-refractivity contribution < 1.29 is 14.7 Å². The second-order valence-electron chi connectivity index (χ2n) is 7.01. The van der Waals surface area contributed by atoms with Crippen molar-refractivity contribution in [1.82, 2.24) is 10.6 Å². The van der Waals surface area contributed by atoms with E-state index in [1.54, 1.807) is 18.2 Å². The van der Waals surface area contributed by atoms with Crippen LogP contribution in [0.5, 0.6) is 0 Å². The molecule has 3 N–H and O–H groups in total. The van der Waals surface area contributed by atoms with Crippen molar-refractivity contribution in [2.75, 3.05) is 13.1 Å². The van der Waals surface area contributed by atoms with Crippen LogP contribution in [0, 0.1) is 0 Å². The number of hydrogen-bond donors (Lipinski definition) is 3. The van der Waals surface area contributed by atoms with Crippen LogP contribution < -0.4 is 10.6 Å². The highest BCUT2D eigenvalue weighted by Crippen LogP contribution is 2.10. The quantitative estimate of drug-likeness (QED) is 0.147. The predicted molar refractivity (Wildman–Crippen MR) is 113 cm³/mol. The molecule has 0 aromatic heterocycles. The van der Waals surface area contributed by atoms with E-state index in [0.717, 1.165) is 13.0 Å². The molecule has 0 aromatic rings. The van der Waals surface area contributed by atoms with Gasteiger partial charge in [-0.25, -0.2) is 0 Å². The maximum atomic E-state index is 11.6. The summed E-state index contributed by atoms with van der Waals surface area (Å²) in [5.41, 5.74) is 0. The lowest BCUT2D eigenvalue weighted by molar-refractivity contribution is -0.122. The highest BCUT2D eigenvalue weighted by Gasteiger charge is 2.19. The fourth-order valence-electron chi connectivity index (χ4n) is 2.80. The van der Waals surface area contributed by atoms with Gasteiger partial charge in [0.05, 0.1) is 6.10 Å². The van der Waals surface area contributed by atoms with E-state index in [1.165, 1.54) is 63.9 Å². The summed E-state index contributed by atoms with van der Waals surface area (Å²) >= 11 is 0. The summed E-state index contributed by atoms with van der Waals surface area (Å²) in [6, 6.07) is -0.895. The van der Waals surface area contributed by atoms with Crippen molar-refractivity contribution in [1.29, 1.82) is 0 Å². The Morgan fingerprint density at radius 3 is 2.11 bits per heavy atom. The number of unbranched alkanes of at least 4 members (excludes halogenated alkanes) is 9. The molecule has 0 unspecified atom stereocenters. The molecule has 0 radical (unpaired) electrons. The molecule has 0 heterocycles. The lowest BCUT2D eigenvalue weighted by atomic mass is 10.1. The molecule has 0 bridgehead atoms. The summed E-state index contributed by atoms with van der Waals surface area (Å²) in [4.78, 5) is 22.7. The molecule has 0 saturated carbocycles. The molecule has 0 fully saturated rings. The van der Waals surface area contributed by atoms with Crippen LogP contribution >= 0.6 is 0 Å². The largest absolute Gasteiger partial charge is 0.389 e. The summed E-state index contributed by atoms with van der Waals surface area (Å²) in [6.07, 6.45) is 19.0. The van der Waals surface area contributed by atoms with E-state index >= 15 is 0 Å². The predicted octanol–water partition coefficient (Wildman–Crippen LogP) is 3.67. The second-order valence-corrected chi connectivity index (χ2v) is 7.01. The molecule has 2 atom stereocenters. The standard InChI is InChI=1S/C22H40N2O3/c1-3-5-7-8-9-10-11-12-13-15-17-23-18-21(26)20(19-25)24-22(27)16-14-6-4-2/h4,6,14,16,19-21,23,26H,3,5,7-13,15,17-18H2,1-2H3,(H,24,27)/b6-4+,16-14+/t20-,21+/m1/s1. The molecule has 5 heteroatoms. The zero-order valence-corrected chi connectivity index (χ0v) is 17.3. The number of rotatable bonds is 18. The number of hydrogen-bond acceptors (Lipinski definition) is 4. The number of amides is 1. The van der Waals surface area contributed by atoms with Gasteiger partial charge in [0.1, 0.15) is 12.3 Å². The Kier molecular flexibility index (Phi) is 18.3. The van der Waals surface area contributed by atoms with Crippen molar-refractivity contribution in [3.8, 4) is 0 Å². The molecular formula is C22H40N2O3. The Bertz CT molecular complexity index is 422. The molecule has 1 amide bonds. The van der Waals surface area contributed by atoms with Crippen LogP contribution in [0.25, 0.3) is 0 Å². The Morgan fingerprint density at radius 1 is 0.963 bits per heavy atom. The number of carbonyl (C=O) groups excluding carboxylic acids is 2. The van der Waals surface area contributed by atoms with Gasteiger partial charge in [0.2, 0.25) is 5.91 Å². The third kappa shape index (κ3) is 16.4. The van der Waals surface area contributed by atoms with Gasteiger partial charge in [-0.1, -0.05) is 82.9 Å². The lowest BCUT2D eigenvalue weighted by Crippen LogP contribution is -2.48. The van der Waals surface area contributed by atoms with E-state index in [1.807, 2.05) is 6.92 Å². The fraction of sp³-hybridized carbons (Fsp3) is 0.727. The first kappa shape index (κ1) is 25.5. The number of aldehydes is 1. The monoisotopic (exact) mass is 380 g/mol. The van der Waals surface area contributed by atoms with E-state index in [4.69, 9.17) is 0 Å². The number of carbonyl (C=O) groups is 2. The van der Waals surface area contributed by atoms with E-state index in [2.05, 4.69) is 17.6 Å². The van der Waals surface area contributed by atoms with Crippen molar-refractivity contribution >= 4 is 12.2 Å². The first-order valence-electron chi connectivity index (χ1n) is 10.6. The summed E-state index contributed by atoms with van der Waals surface area (Å²) in [5, 5.41) is 15.7. The number of nitrogens with one attached hydrogen (secondary N) is 2. The number of aliphatic hydroxyl groups excluding tert-OH is 1. The van der Waals surface area contributed by atoms with Crippen LogP contribution in [-0.2, 0) is 9.59 Å². The summed E-state index contributed by atoms with van der Waals surface area (Å²) in [5.74, 6) is -0.390. The molecule has 156 valence electrons. The normalized spacial score (nSPS) is 13.9.